The predicted molar refractivity (Wildman–Crippen MR) is 79.4 cm³/mol. The fourth-order valence-electron chi connectivity index (χ4n) is 1.69. The van der Waals surface area contributed by atoms with E-state index in [-0.39, 0.29) is 11.2 Å². The summed E-state index contributed by atoms with van der Waals surface area (Å²) in [5.41, 5.74) is 2.06. The van der Waals surface area contributed by atoms with E-state index in [0.29, 0.717) is 16.9 Å². The molecular formula is C13H9ClN4OS. The largest absolute Gasteiger partial charge is 0.306 e. The molecule has 3 aromatic rings. The number of nitrogens with zero attached hydrogens (tertiary/aromatic N) is 3. The highest BCUT2D eigenvalue weighted by Crippen LogP contribution is 2.25. The number of anilines is 1. The van der Waals surface area contributed by atoms with Crippen molar-refractivity contribution >= 4 is 44.9 Å². The minimum Gasteiger partial charge on any atom is -0.306 e. The molecule has 0 bridgehead atoms. The van der Waals surface area contributed by atoms with Gasteiger partial charge in [-0.05, 0) is 30.2 Å². The zero-order chi connectivity index (χ0) is 14.1. The maximum absolute atomic E-state index is 12.2. The molecule has 7 heteroatoms. The topological polar surface area (TPSA) is 67.8 Å². The Morgan fingerprint density at radius 1 is 1.30 bits per heavy atom. The molecule has 0 aliphatic heterocycles. The summed E-state index contributed by atoms with van der Waals surface area (Å²) in [5.74, 6) is 0.238. The summed E-state index contributed by atoms with van der Waals surface area (Å²) in [6, 6.07) is 3.64. The lowest BCUT2D eigenvalue weighted by Crippen LogP contribution is -2.12. The second-order valence-electron chi connectivity index (χ2n) is 4.18. The number of amides is 1. The molecule has 0 saturated carbocycles. The highest BCUT2D eigenvalue weighted by molar-refractivity contribution is 7.17. The Kier molecular flexibility index (Phi) is 3.33. The van der Waals surface area contributed by atoms with E-state index < -0.39 is 0 Å². The van der Waals surface area contributed by atoms with Crippen LogP contribution in [0, 0.1) is 6.92 Å². The van der Waals surface area contributed by atoms with Gasteiger partial charge in [-0.2, -0.15) is 0 Å². The van der Waals surface area contributed by atoms with Gasteiger partial charge in [0.1, 0.15) is 5.82 Å². The van der Waals surface area contributed by atoms with Crippen LogP contribution in [-0.2, 0) is 0 Å². The molecule has 0 unspecified atom stereocenters. The van der Waals surface area contributed by atoms with Crippen molar-refractivity contribution in [1.82, 2.24) is 15.0 Å². The minimum atomic E-state index is -0.262. The van der Waals surface area contributed by atoms with Gasteiger partial charge in [0.2, 0.25) is 5.28 Å². The van der Waals surface area contributed by atoms with Crippen LogP contribution >= 0.6 is 22.9 Å². The molecular weight excluding hydrogens is 296 g/mol. The number of aryl methyl sites for hydroxylation is 1. The van der Waals surface area contributed by atoms with Crippen LogP contribution in [0.1, 0.15) is 15.9 Å². The van der Waals surface area contributed by atoms with Crippen LogP contribution in [0.15, 0.2) is 29.9 Å². The Labute approximate surface area is 123 Å². The highest BCUT2D eigenvalue weighted by Gasteiger charge is 2.15. The smallest absolute Gasteiger partial charge is 0.259 e. The molecule has 0 aliphatic carbocycles. The van der Waals surface area contributed by atoms with Gasteiger partial charge in [-0.15, -0.1) is 11.3 Å². The van der Waals surface area contributed by atoms with Gasteiger partial charge in [-0.1, -0.05) is 6.07 Å². The van der Waals surface area contributed by atoms with Crippen LogP contribution in [0.4, 0.5) is 5.82 Å². The standard InChI is InChI=1S/C13H9ClN4OS/c1-7-2-3-10(15-4-7)17-12(19)8-6-20-9-5-16-13(14)18-11(8)9/h2-6H,1H3,(H,15,17,19). The maximum atomic E-state index is 12.2. The van der Waals surface area contributed by atoms with Crippen molar-refractivity contribution < 1.29 is 4.79 Å². The number of pyridine rings is 1. The lowest BCUT2D eigenvalue weighted by atomic mass is 10.2. The molecule has 0 fully saturated rings. The predicted octanol–water partition coefficient (Wildman–Crippen LogP) is 3.30. The number of hydrogen-bond acceptors (Lipinski definition) is 5. The van der Waals surface area contributed by atoms with Crippen LogP contribution in [0.5, 0.6) is 0 Å². The molecule has 20 heavy (non-hydrogen) atoms. The molecule has 3 rings (SSSR count). The lowest BCUT2D eigenvalue weighted by Gasteiger charge is -2.03. The molecule has 100 valence electrons. The second-order valence-corrected chi connectivity index (χ2v) is 5.43. The van der Waals surface area contributed by atoms with E-state index in [2.05, 4.69) is 20.3 Å². The Morgan fingerprint density at radius 3 is 2.90 bits per heavy atom. The zero-order valence-electron chi connectivity index (χ0n) is 10.4. The number of nitrogens with one attached hydrogen (secondary N) is 1. The summed E-state index contributed by atoms with van der Waals surface area (Å²) in [6.45, 7) is 1.93. The second kappa shape index (κ2) is 5.15. The van der Waals surface area contributed by atoms with Gasteiger partial charge in [0.15, 0.2) is 0 Å². The van der Waals surface area contributed by atoms with E-state index in [4.69, 9.17) is 11.6 Å². The summed E-state index contributed by atoms with van der Waals surface area (Å²) in [7, 11) is 0. The van der Waals surface area contributed by atoms with Crippen molar-refractivity contribution in [2.24, 2.45) is 0 Å². The van der Waals surface area contributed by atoms with Crippen molar-refractivity contribution in [3.63, 3.8) is 0 Å². The average molecular weight is 305 g/mol. The van der Waals surface area contributed by atoms with Gasteiger partial charge in [0, 0.05) is 17.8 Å². The van der Waals surface area contributed by atoms with Crippen LogP contribution in [-0.4, -0.2) is 20.9 Å². The van der Waals surface area contributed by atoms with Gasteiger partial charge in [-0.25, -0.2) is 15.0 Å². The molecule has 0 spiro atoms. The van der Waals surface area contributed by atoms with Crippen molar-refractivity contribution in [2.45, 2.75) is 6.92 Å². The Hall–Kier alpha value is -2.05. The maximum Gasteiger partial charge on any atom is 0.259 e. The molecule has 3 aromatic heterocycles. The van der Waals surface area contributed by atoms with E-state index in [0.717, 1.165) is 10.3 Å². The first-order valence-electron chi connectivity index (χ1n) is 5.77. The normalized spacial score (nSPS) is 10.7. The molecule has 1 N–H and O–H groups in total. The molecule has 0 saturated heterocycles. The van der Waals surface area contributed by atoms with E-state index in [1.165, 1.54) is 11.3 Å². The van der Waals surface area contributed by atoms with Crippen LogP contribution in [0.3, 0.4) is 0 Å². The number of halogens is 1. The van der Waals surface area contributed by atoms with E-state index >= 15 is 0 Å². The number of thiophene rings is 1. The molecule has 0 radical (unpaired) electrons. The average Bonchev–Trinajstić information content (AvgIpc) is 2.84. The molecule has 0 aromatic carbocycles. The van der Waals surface area contributed by atoms with Crippen molar-refractivity contribution in [3.05, 3.63) is 46.3 Å². The van der Waals surface area contributed by atoms with Crippen LogP contribution < -0.4 is 5.32 Å². The quantitative estimate of drug-likeness (QED) is 0.738. The van der Waals surface area contributed by atoms with Gasteiger partial charge in [0.25, 0.3) is 5.91 Å². The Bertz CT molecular complexity index is 785. The number of hydrogen-bond donors (Lipinski definition) is 1. The summed E-state index contributed by atoms with van der Waals surface area (Å²) in [4.78, 5) is 24.4. The fraction of sp³-hybridized carbons (Fsp3) is 0.0769. The first-order valence-corrected chi connectivity index (χ1v) is 7.03. The molecule has 5 nitrogen and oxygen atoms in total. The fourth-order valence-corrected chi connectivity index (χ4v) is 2.67. The summed E-state index contributed by atoms with van der Waals surface area (Å²) < 4.78 is 0.816. The minimum absolute atomic E-state index is 0.124. The third-order valence-electron chi connectivity index (χ3n) is 2.68. The van der Waals surface area contributed by atoms with Crippen LogP contribution in [0.2, 0.25) is 5.28 Å². The first-order chi connectivity index (χ1) is 9.63. The SMILES string of the molecule is Cc1ccc(NC(=O)c2csc3cnc(Cl)nc23)nc1. The van der Waals surface area contributed by atoms with E-state index in [9.17, 15) is 4.79 Å². The van der Waals surface area contributed by atoms with Gasteiger partial charge in [-0.3, -0.25) is 4.79 Å². The number of carbonyl (C=O) groups is 1. The summed E-state index contributed by atoms with van der Waals surface area (Å²) in [5, 5.41) is 4.60. The Balaban J connectivity index is 1.92. The Morgan fingerprint density at radius 2 is 2.15 bits per heavy atom. The van der Waals surface area contributed by atoms with E-state index in [1.807, 2.05) is 13.0 Å². The third kappa shape index (κ3) is 2.48. The monoisotopic (exact) mass is 304 g/mol. The van der Waals surface area contributed by atoms with E-state index in [1.54, 1.807) is 23.8 Å². The van der Waals surface area contributed by atoms with Crippen molar-refractivity contribution in [3.8, 4) is 0 Å². The molecule has 3 heterocycles. The summed E-state index contributed by atoms with van der Waals surface area (Å²) in [6.07, 6.45) is 3.30. The lowest BCUT2D eigenvalue weighted by molar-refractivity contribution is 0.102. The number of aromatic nitrogens is 3. The number of carbonyl (C=O) groups excluding carboxylic acids is 1. The zero-order valence-corrected chi connectivity index (χ0v) is 12.0. The first kappa shape index (κ1) is 13.0. The van der Waals surface area contributed by atoms with Gasteiger partial charge in [0.05, 0.1) is 15.8 Å². The molecule has 1 amide bonds. The molecule has 0 aliphatic rings. The highest BCUT2D eigenvalue weighted by atomic mass is 35.5. The van der Waals surface area contributed by atoms with Crippen LogP contribution in [0.25, 0.3) is 10.2 Å². The molecule has 0 atom stereocenters. The number of rotatable bonds is 2. The van der Waals surface area contributed by atoms with Crippen molar-refractivity contribution in [1.29, 1.82) is 0 Å². The number of fused-ring (bicyclic) bond motifs is 1. The van der Waals surface area contributed by atoms with Crippen molar-refractivity contribution in [2.75, 3.05) is 5.32 Å². The summed E-state index contributed by atoms with van der Waals surface area (Å²) >= 11 is 7.17. The van der Waals surface area contributed by atoms with Gasteiger partial charge >= 0.3 is 0 Å². The third-order valence-corrected chi connectivity index (χ3v) is 3.77. The van der Waals surface area contributed by atoms with Gasteiger partial charge < -0.3 is 5.32 Å².